The van der Waals surface area contributed by atoms with Crippen LogP contribution in [0.3, 0.4) is 0 Å². The maximum absolute atomic E-state index is 12.7. The summed E-state index contributed by atoms with van der Waals surface area (Å²) in [5, 5.41) is 7.68. The summed E-state index contributed by atoms with van der Waals surface area (Å²) in [6, 6.07) is 20.8. The largest absolute Gasteiger partial charge is 0.361 e. The highest BCUT2D eigenvalue weighted by Crippen LogP contribution is 2.32. The van der Waals surface area contributed by atoms with Crippen LogP contribution >= 0.6 is 11.3 Å². The minimum absolute atomic E-state index is 0.0849. The molecule has 0 aliphatic carbocycles. The Morgan fingerprint density at radius 3 is 2.43 bits per heavy atom. The number of H-pyrrole nitrogens is 2. The lowest BCUT2D eigenvalue weighted by atomic mass is 9.96. The summed E-state index contributed by atoms with van der Waals surface area (Å²) in [6.07, 6.45) is 5.30. The normalized spacial score (nSPS) is 12.4. The molecule has 0 saturated carbocycles. The van der Waals surface area contributed by atoms with Crippen molar-refractivity contribution in [1.29, 1.82) is 0 Å². The van der Waals surface area contributed by atoms with Gasteiger partial charge >= 0.3 is 0 Å². The molecule has 1 amide bonds. The molecule has 5 aromatic rings. The quantitative estimate of drug-likeness (QED) is 0.320. The van der Waals surface area contributed by atoms with Crippen LogP contribution in [0.15, 0.2) is 78.4 Å². The number of carbonyl (C=O) groups is 1. The van der Waals surface area contributed by atoms with Crippen LogP contribution in [-0.4, -0.2) is 22.4 Å². The summed E-state index contributed by atoms with van der Waals surface area (Å²) in [7, 11) is 0. The zero-order chi connectivity index (χ0) is 20.3. The van der Waals surface area contributed by atoms with Crippen molar-refractivity contribution in [2.24, 2.45) is 0 Å². The van der Waals surface area contributed by atoms with Crippen molar-refractivity contribution in [2.45, 2.75) is 18.8 Å². The Morgan fingerprint density at radius 1 is 0.900 bits per heavy atom. The molecule has 0 bridgehead atoms. The molecule has 30 heavy (non-hydrogen) atoms. The van der Waals surface area contributed by atoms with Gasteiger partial charge in [0, 0.05) is 58.0 Å². The molecule has 1 atom stereocenters. The molecule has 0 saturated heterocycles. The number of benzene rings is 2. The number of carbonyl (C=O) groups excluding carboxylic acids is 1. The highest BCUT2D eigenvalue weighted by atomic mass is 32.1. The molecule has 150 valence electrons. The highest BCUT2D eigenvalue weighted by molar-refractivity contribution is 7.10. The van der Waals surface area contributed by atoms with E-state index in [0.717, 1.165) is 17.5 Å². The second kappa shape index (κ2) is 8.20. The maximum Gasteiger partial charge on any atom is 0.220 e. The van der Waals surface area contributed by atoms with Crippen LogP contribution in [0.1, 0.15) is 28.3 Å². The van der Waals surface area contributed by atoms with Crippen LogP contribution in [0.25, 0.3) is 21.8 Å². The molecule has 0 aliphatic heterocycles. The van der Waals surface area contributed by atoms with E-state index in [1.54, 1.807) is 11.3 Å². The van der Waals surface area contributed by atoms with Crippen LogP contribution in [0.2, 0.25) is 0 Å². The summed E-state index contributed by atoms with van der Waals surface area (Å²) >= 11 is 1.73. The molecule has 0 spiro atoms. The molecule has 3 N–H and O–H groups in total. The van der Waals surface area contributed by atoms with Crippen molar-refractivity contribution >= 4 is 39.0 Å². The smallest absolute Gasteiger partial charge is 0.220 e. The van der Waals surface area contributed by atoms with E-state index in [0.29, 0.717) is 13.0 Å². The van der Waals surface area contributed by atoms with Crippen LogP contribution in [0, 0.1) is 0 Å². The molecule has 5 rings (SSSR count). The summed E-state index contributed by atoms with van der Waals surface area (Å²) < 4.78 is 0. The Morgan fingerprint density at radius 2 is 1.63 bits per heavy atom. The third kappa shape index (κ3) is 3.64. The van der Waals surface area contributed by atoms with Gasteiger partial charge in [-0.25, -0.2) is 0 Å². The Labute approximate surface area is 179 Å². The Balaban J connectivity index is 1.29. The first-order valence-corrected chi connectivity index (χ1v) is 11.1. The molecule has 3 heterocycles. The Hall–Kier alpha value is -3.31. The van der Waals surface area contributed by atoms with E-state index in [1.165, 1.54) is 26.8 Å². The number of thiophene rings is 1. The molecule has 3 aromatic heterocycles. The maximum atomic E-state index is 12.7. The molecule has 2 aromatic carbocycles. The van der Waals surface area contributed by atoms with Gasteiger partial charge in [-0.2, -0.15) is 0 Å². The van der Waals surface area contributed by atoms with Gasteiger partial charge in [-0.1, -0.05) is 42.5 Å². The first-order valence-electron chi connectivity index (χ1n) is 10.2. The van der Waals surface area contributed by atoms with Crippen molar-refractivity contribution < 1.29 is 4.79 Å². The molecule has 0 aliphatic rings. The standard InChI is InChI=1S/C25H23N3OS/c29-25(12-11-17-14-26-22-8-3-1-6-18(17)22)28-16-21(24-10-5-13-30-24)20-15-27-23-9-4-2-7-19(20)23/h1-10,13-15,21,26-27H,11-12,16H2,(H,28,29)/t21-/m0/s1. The first kappa shape index (κ1) is 18.7. The third-order valence-electron chi connectivity index (χ3n) is 5.68. The van der Waals surface area contributed by atoms with Crippen molar-refractivity contribution in [3.05, 3.63) is 94.4 Å². The van der Waals surface area contributed by atoms with Crippen LogP contribution in [0.4, 0.5) is 0 Å². The monoisotopic (exact) mass is 413 g/mol. The zero-order valence-corrected chi connectivity index (χ0v) is 17.3. The van der Waals surface area contributed by atoms with Crippen molar-refractivity contribution in [3.8, 4) is 0 Å². The van der Waals surface area contributed by atoms with Crippen molar-refractivity contribution in [1.82, 2.24) is 15.3 Å². The number of hydrogen-bond donors (Lipinski definition) is 3. The van der Waals surface area contributed by atoms with E-state index in [-0.39, 0.29) is 11.8 Å². The van der Waals surface area contributed by atoms with Crippen molar-refractivity contribution in [3.63, 3.8) is 0 Å². The van der Waals surface area contributed by atoms with Gasteiger partial charge in [0.2, 0.25) is 5.91 Å². The topological polar surface area (TPSA) is 60.7 Å². The highest BCUT2D eigenvalue weighted by Gasteiger charge is 2.20. The minimum Gasteiger partial charge on any atom is -0.361 e. The number of aromatic nitrogens is 2. The number of nitrogens with one attached hydrogen (secondary N) is 3. The van der Waals surface area contributed by atoms with Crippen LogP contribution < -0.4 is 5.32 Å². The summed E-state index contributed by atoms with van der Waals surface area (Å²) in [5.41, 5.74) is 4.65. The summed E-state index contributed by atoms with van der Waals surface area (Å²) in [5.74, 6) is 0.222. The van der Waals surface area contributed by atoms with E-state index in [2.05, 4.69) is 69.3 Å². The summed E-state index contributed by atoms with van der Waals surface area (Å²) in [4.78, 5) is 20.6. The van der Waals surface area contributed by atoms with Crippen molar-refractivity contribution in [2.75, 3.05) is 6.54 Å². The molecule has 4 nitrogen and oxygen atoms in total. The van der Waals surface area contributed by atoms with Crippen LogP contribution in [-0.2, 0) is 11.2 Å². The van der Waals surface area contributed by atoms with Gasteiger partial charge in [0.25, 0.3) is 0 Å². The van der Waals surface area contributed by atoms with Gasteiger partial charge in [-0.15, -0.1) is 11.3 Å². The van der Waals surface area contributed by atoms with E-state index in [9.17, 15) is 4.79 Å². The lowest BCUT2D eigenvalue weighted by Gasteiger charge is -2.16. The fourth-order valence-corrected chi connectivity index (χ4v) is 4.97. The molecule has 0 unspecified atom stereocenters. The number of para-hydroxylation sites is 2. The average molecular weight is 414 g/mol. The molecule has 0 fully saturated rings. The molecule has 0 radical (unpaired) electrons. The number of fused-ring (bicyclic) bond motifs is 2. The van der Waals surface area contributed by atoms with E-state index >= 15 is 0 Å². The SMILES string of the molecule is O=C(CCc1c[nH]c2ccccc12)NC[C@H](c1cccs1)c1c[nH]c2ccccc12. The Kier molecular flexibility index (Phi) is 5.11. The van der Waals surface area contributed by atoms with E-state index in [4.69, 9.17) is 0 Å². The third-order valence-corrected chi connectivity index (χ3v) is 6.67. The van der Waals surface area contributed by atoms with Gasteiger partial charge in [-0.05, 0) is 41.1 Å². The number of aromatic amines is 2. The van der Waals surface area contributed by atoms with Gasteiger partial charge < -0.3 is 15.3 Å². The molecular weight excluding hydrogens is 390 g/mol. The molecular formula is C25H23N3OS. The zero-order valence-electron chi connectivity index (χ0n) is 16.5. The second-order valence-corrected chi connectivity index (χ2v) is 8.50. The second-order valence-electron chi connectivity index (χ2n) is 7.52. The predicted molar refractivity (Wildman–Crippen MR) is 124 cm³/mol. The average Bonchev–Trinajstić information content (AvgIpc) is 3.53. The van der Waals surface area contributed by atoms with Gasteiger partial charge in [0.05, 0.1) is 0 Å². The van der Waals surface area contributed by atoms with E-state index < -0.39 is 0 Å². The summed E-state index contributed by atoms with van der Waals surface area (Å²) in [6.45, 7) is 0.592. The van der Waals surface area contributed by atoms with Gasteiger partial charge in [0.15, 0.2) is 0 Å². The number of aryl methyl sites for hydroxylation is 1. The Bertz CT molecular complexity index is 1280. The first-order chi connectivity index (χ1) is 14.8. The minimum atomic E-state index is 0.0849. The van der Waals surface area contributed by atoms with E-state index in [1.807, 2.05) is 24.4 Å². The number of rotatable bonds is 7. The fraction of sp³-hybridized carbons (Fsp3) is 0.160. The lowest BCUT2D eigenvalue weighted by molar-refractivity contribution is -0.121. The predicted octanol–water partition coefficient (Wildman–Crippen LogP) is 5.59. The van der Waals surface area contributed by atoms with Gasteiger partial charge in [0.1, 0.15) is 0 Å². The van der Waals surface area contributed by atoms with Gasteiger partial charge in [-0.3, -0.25) is 4.79 Å². The molecule has 5 heteroatoms. The van der Waals surface area contributed by atoms with Crippen LogP contribution in [0.5, 0.6) is 0 Å². The number of amides is 1. The number of hydrogen-bond acceptors (Lipinski definition) is 2. The fourth-order valence-electron chi connectivity index (χ4n) is 4.13. The lowest BCUT2D eigenvalue weighted by Crippen LogP contribution is -2.28.